The quantitative estimate of drug-likeness (QED) is 0.339. The van der Waals surface area contributed by atoms with E-state index in [4.69, 9.17) is 29.2 Å². The van der Waals surface area contributed by atoms with Gasteiger partial charge in [0.05, 0.1) is 11.1 Å². The Morgan fingerprint density at radius 2 is 1.37 bits per heavy atom. The Balaban J connectivity index is 0.000000346. The minimum absolute atomic E-state index is 0.0365. The Morgan fingerprint density at radius 1 is 0.800 bits per heavy atom. The lowest BCUT2D eigenvalue weighted by atomic mass is 10.1. The van der Waals surface area contributed by atoms with E-state index in [9.17, 15) is 9.59 Å². The monoisotopic (exact) mass is 420 g/mol. The molecule has 0 aliphatic carbocycles. The molecule has 0 aromatic heterocycles. The lowest BCUT2D eigenvalue weighted by Gasteiger charge is -2.13. The van der Waals surface area contributed by atoms with Crippen LogP contribution in [0.1, 0.15) is 45.7 Å². The van der Waals surface area contributed by atoms with E-state index in [0.717, 1.165) is 17.9 Å². The molecule has 0 atom stereocenters. The first-order valence-electron chi connectivity index (χ1n) is 9.36. The van der Waals surface area contributed by atoms with Crippen molar-refractivity contribution in [1.29, 1.82) is 0 Å². The molecule has 0 unspecified atom stereocenters. The molecule has 0 fully saturated rings. The molecule has 0 amide bonds. The van der Waals surface area contributed by atoms with Crippen LogP contribution in [-0.4, -0.2) is 49.6 Å². The molecule has 0 saturated carbocycles. The fourth-order valence-corrected chi connectivity index (χ4v) is 2.38. The number of phenolic OH excluding ortho intramolecular Hbond substituents is 2. The fourth-order valence-electron chi connectivity index (χ4n) is 2.38. The Kier molecular flexibility index (Phi) is 11.0. The van der Waals surface area contributed by atoms with Gasteiger partial charge in [-0.2, -0.15) is 0 Å². The average molecular weight is 420 g/mol. The van der Waals surface area contributed by atoms with Gasteiger partial charge in [0.1, 0.15) is 23.0 Å². The van der Waals surface area contributed by atoms with Gasteiger partial charge in [0.2, 0.25) is 0 Å². The maximum absolute atomic E-state index is 11.1. The predicted octanol–water partition coefficient (Wildman–Crippen LogP) is 3.77. The molecule has 0 saturated heterocycles. The number of hydrogen-bond acceptors (Lipinski definition) is 8. The van der Waals surface area contributed by atoms with Crippen LogP contribution < -0.4 is 9.47 Å². The van der Waals surface area contributed by atoms with Crippen molar-refractivity contribution >= 4 is 12.6 Å². The zero-order chi connectivity index (χ0) is 22.5. The summed E-state index contributed by atoms with van der Waals surface area (Å²) in [5, 5.41) is 18.0. The maximum atomic E-state index is 11.1. The Morgan fingerprint density at radius 3 is 1.90 bits per heavy atom. The Labute approximate surface area is 176 Å². The maximum Gasteiger partial charge on any atom is 0.189 e. The van der Waals surface area contributed by atoms with Crippen LogP contribution in [0.3, 0.4) is 0 Å². The lowest BCUT2D eigenvalue weighted by molar-refractivity contribution is 0.0179. The van der Waals surface area contributed by atoms with Gasteiger partial charge in [0, 0.05) is 25.3 Å². The number of aldehydes is 2. The molecule has 8 nitrogen and oxygen atoms in total. The number of benzene rings is 2. The number of phenols is 2. The van der Waals surface area contributed by atoms with Crippen molar-refractivity contribution in [3.63, 3.8) is 0 Å². The summed E-state index contributed by atoms with van der Waals surface area (Å²) >= 11 is 0. The van der Waals surface area contributed by atoms with E-state index in [0.29, 0.717) is 42.1 Å². The summed E-state index contributed by atoms with van der Waals surface area (Å²) in [5.74, 6) is 0.834. The van der Waals surface area contributed by atoms with Crippen LogP contribution in [0.25, 0.3) is 0 Å². The van der Waals surface area contributed by atoms with Crippen molar-refractivity contribution < 1.29 is 38.7 Å². The summed E-state index contributed by atoms with van der Waals surface area (Å²) in [5.41, 5.74) is 2.08. The van der Waals surface area contributed by atoms with E-state index >= 15 is 0 Å². The van der Waals surface area contributed by atoms with Crippen molar-refractivity contribution in [1.82, 2.24) is 0 Å². The third kappa shape index (κ3) is 7.73. The van der Waals surface area contributed by atoms with Crippen LogP contribution >= 0.6 is 0 Å². The van der Waals surface area contributed by atoms with Gasteiger partial charge in [0.25, 0.3) is 0 Å². The molecule has 2 aromatic rings. The van der Waals surface area contributed by atoms with Gasteiger partial charge in [-0.05, 0) is 51.0 Å². The molecule has 2 N–H and O–H groups in total. The summed E-state index contributed by atoms with van der Waals surface area (Å²) in [6.45, 7) is 8.63. The average Bonchev–Trinajstić information content (AvgIpc) is 2.68. The smallest absolute Gasteiger partial charge is 0.189 e. The highest BCUT2D eigenvalue weighted by Crippen LogP contribution is 2.27. The zero-order valence-electron chi connectivity index (χ0n) is 17.6. The molecule has 0 aliphatic heterocycles. The van der Waals surface area contributed by atoms with Crippen LogP contribution in [0.2, 0.25) is 0 Å². The molecule has 0 heterocycles. The Hall–Kier alpha value is -3.10. The minimum atomic E-state index is -0.183. The number of aromatic hydroxyl groups is 2. The summed E-state index contributed by atoms with van der Waals surface area (Å²) in [6.07, 6.45) is 1.33. The normalized spacial score (nSPS) is 10.0. The van der Waals surface area contributed by atoms with E-state index in [1.54, 1.807) is 19.1 Å². The molecule has 0 radical (unpaired) electrons. The van der Waals surface area contributed by atoms with Gasteiger partial charge in [-0.3, -0.25) is 9.59 Å². The second-order valence-corrected chi connectivity index (χ2v) is 6.09. The van der Waals surface area contributed by atoms with Gasteiger partial charge in [-0.15, -0.1) is 0 Å². The molecule has 8 heteroatoms. The van der Waals surface area contributed by atoms with Crippen molar-refractivity contribution in [2.24, 2.45) is 0 Å². The fraction of sp³-hybridized carbons (Fsp3) is 0.364. The third-order valence-corrected chi connectivity index (χ3v) is 3.92. The number of rotatable bonds is 10. The van der Waals surface area contributed by atoms with Gasteiger partial charge >= 0.3 is 0 Å². The predicted molar refractivity (Wildman–Crippen MR) is 111 cm³/mol. The van der Waals surface area contributed by atoms with Crippen molar-refractivity contribution in [3.05, 3.63) is 46.5 Å². The number of aryl methyl sites for hydroxylation is 2. The second kappa shape index (κ2) is 13.2. The third-order valence-electron chi connectivity index (χ3n) is 3.92. The second-order valence-electron chi connectivity index (χ2n) is 6.09. The number of hydrogen-bond donors (Lipinski definition) is 2. The van der Waals surface area contributed by atoms with E-state index < -0.39 is 0 Å². The molecule has 0 spiro atoms. The van der Waals surface area contributed by atoms with Crippen LogP contribution in [0.15, 0.2) is 24.3 Å². The van der Waals surface area contributed by atoms with Crippen molar-refractivity contribution in [3.8, 4) is 23.0 Å². The SMILES string of the molecule is CCOCOc1cc(C)c(C=O)c(OCOCC)c1.Cc1cc(O)cc(O)c1C=O. The van der Waals surface area contributed by atoms with E-state index in [2.05, 4.69) is 0 Å². The van der Waals surface area contributed by atoms with E-state index in [1.807, 2.05) is 20.8 Å². The van der Waals surface area contributed by atoms with Gasteiger partial charge in [0.15, 0.2) is 26.2 Å². The van der Waals surface area contributed by atoms with Gasteiger partial charge in [-0.1, -0.05) is 0 Å². The minimum Gasteiger partial charge on any atom is -0.508 e. The lowest BCUT2D eigenvalue weighted by Crippen LogP contribution is -2.07. The molecule has 164 valence electrons. The largest absolute Gasteiger partial charge is 0.508 e. The summed E-state index contributed by atoms with van der Waals surface area (Å²) in [7, 11) is 0. The van der Waals surface area contributed by atoms with Crippen molar-refractivity contribution in [2.45, 2.75) is 27.7 Å². The van der Waals surface area contributed by atoms with Crippen LogP contribution in [0, 0.1) is 13.8 Å². The van der Waals surface area contributed by atoms with Crippen LogP contribution in [0.5, 0.6) is 23.0 Å². The summed E-state index contributed by atoms with van der Waals surface area (Å²) < 4.78 is 21.1. The first-order valence-corrected chi connectivity index (χ1v) is 9.36. The number of ether oxygens (including phenoxy) is 4. The molecular weight excluding hydrogens is 392 g/mol. The standard InChI is InChI=1S/C14H20O5.C8H8O3/c1-4-16-9-18-12-6-11(3)13(8-15)14(7-12)19-10-17-5-2;1-5-2-6(10)3-8(11)7(5)4-9/h6-8H,4-5,9-10H2,1-3H3;2-4,10-11H,1H3. The first-order chi connectivity index (χ1) is 14.4. The van der Waals surface area contributed by atoms with E-state index in [1.165, 1.54) is 6.07 Å². The topological polar surface area (TPSA) is 112 Å². The first kappa shape index (κ1) is 24.9. The molecule has 0 aliphatic rings. The highest BCUT2D eigenvalue weighted by Gasteiger charge is 2.10. The van der Waals surface area contributed by atoms with E-state index in [-0.39, 0.29) is 30.6 Å². The number of carbonyl (C=O) groups excluding carboxylic acids is 2. The highest BCUT2D eigenvalue weighted by molar-refractivity contribution is 5.82. The molecule has 2 rings (SSSR count). The number of carbonyl (C=O) groups is 2. The van der Waals surface area contributed by atoms with Crippen molar-refractivity contribution in [2.75, 3.05) is 26.8 Å². The molecule has 0 bridgehead atoms. The summed E-state index contributed by atoms with van der Waals surface area (Å²) in [6, 6.07) is 5.99. The van der Waals surface area contributed by atoms with Gasteiger partial charge in [-0.25, -0.2) is 0 Å². The summed E-state index contributed by atoms with van der Waals surface area (Å²) in [4.78, 5) is 21.4. The Bertz CT molecular complexity index is 809. The van der Waals surface area contributed by atoms with Gasteiger partial charge < -0.3 is 29.2 Å². The highest BCUT2D eigenvalue weighted by atomic mass is 16.7. The molecule has 2 aromatic carbocycles. The molecule has 30 heavy (non-hydrogen) atoms. The van der Waals surface area contributed by atoms with Crippen LogP contribution in [-0.2, 0) is 9.47 Å². The zero-order valence-corrected chi connectivity index (χ0v) is 17.6. The molecular formula is C22H28O8. The van der Waals surface area contributed by atoms with Crippen LogP contribution in [0.4, 0.5) is 0 Å².